The molecule has 3 heterocycles. The third-order valence-corrected chi connectivity index (χ3v) is 2.37. The lowest BCUT2D eigenvalue weighted by molar-refractivity contribution is 1.07. The molecule has 0 fully saturated rings. The van der Waals surface area contributed by atoms with Gasteiger partial charge in [-0.15, -0.1) is 0 Å². The second-order valence-corrected chi connectivity index (χ2v) is 3.16. The molecule has 68 valence electrons. The molecular weight excluding hydrogens is 180 g/mol. The van der Waals surface area contributed by atoms with Crippen molar-refractivity contribution in [2.75, 3.05) is 0 Å². The summed E-state index contributed by atoms with van der Waals surface area (Å²) in [6.07, 6.45) is 3.21. The Morgan fingerprint density at radius 2 is 1.29 bits per heavy atom. The van der Waals surface area contributed by atoms with Gasteiger partial charge >= 0.3 is 0 Å². The van der Waals surface area contributed by atoms with Crippen molar-refractivity contribution in [3.8, 4) is 0 Å². The van der Waals surface area contributed by atoms with E-state index in [0.29, 0.717) is 5.65 Å². The molecular formula is C10H6N2O2. The molecule has 4 nitrogen and oxygen atoms in total. The van der Waals surface area contributed by atoms with E-state index in [1.54, 1.807) is 24.5 Å². The zero-order valence-corrected chi connectivity index (χ0v) is 7.18. The molecule has 0 amide bonds. The maximum atomic E-state index is 11.4. The lowest BCUT2D eigenvalue weighted by Crippen LogP contribution is -2.15. The lowest BCUT2D eigenvalue weighted by atomic mass is 10.3. The van der Waals surface area contributed by atoms with Crippen LogP contribution in [-0.2, 0) is 0 Å². The molecule has 3 aromatic heterocycles. The van der Waals surface area contributed by atoms with Crippen LogP contribution in [0, 0.1) is 0 Å². The van der Waals surface area contributed by atoms with Crippen LogP contribution in [0.3, 0.4) is 0 Å². The molecule has 0 aromatic carbocycles. The summed E-state index contributed by atoms with van der Waals surface area (Å²) in [5.41, 5.74) is 0.404. The first kappa shape index (κ1) is 7.32. The van der Waals surface area contributed by atoms with Gasteiger partial charge in [-0.3, -0.25) is 18.4 Å². The summed E-state index contributed by atoms with van der Waals surface area (Å²) in [4.78, 5) is 22.8. The maximum Gasteiger partial charge on any atom is 0.256 e. The van der Waals surface area contributed by atoms with Crippen LogP contribution in [0.1, 0.15) is 0 Å². The molecule has 0 bridgehead atoms. The molecule has 14 heavy (non-hydrogen) atoms. The molecule has 0 N–H and O–H groups in total. The van der Waals surface area contributed by atoms with Crippen molar-refractivity contribution in [2.45, 2.75) is 0 Å². The van der Waals surface area contributed by atoms with Crippen molar-refractivity contribution >= 4 is 11.0 Å². The zero-order chi connectivity index (χ0) is 9.71. The molecule has 0 radical (unpaired) electrons. The number of pyridine rings is 2. The minimum absolute atomic E-state index is 0.120. The van der Waals surface area contributed by atoms with Crippen molar-refractivity contribution in [3.05, 3.63) is 57.4 Å². The minimum atomic E-state index is -0.120. The Labute approximate surface area is 78.0 Å². The Hall–Kier alpha value is -2.10. The van der Waals surface area contributed by atoms with E-state index >= 15 is 0 Å². The summed E-state index contributed by atoms with van der Waals surface area (Å²) in [6, 6.07) is 6.42. The fourth-order valence-corrected chi connectivity index (χ4v) is 1.71. The van der Waals surface area contributed by atoms with Crippen LogP contribution in [0.5, 0.6) is 0 Å². The molecule has 0 saturated heterocycles. The SMILES string of the molecule is O=c1ccc2ccc(=O)n3ccn1c23. The second kappa shape index (κ2) is 2.23. The first-order valence-corrected chi connectivity index (χ1v) is 4.22. The van der Waals surface area contributed by atoms with Crippen molar-refractivity contribution < 1.29 is 0 Å². The van der Waals surface area contributed by atoms with E-state index in [4.69, 9.17) is 0 Å². The third-order valence-electron chi connectivity index (χ3n) is 2.37. The Morgan fingerprint density at radius 3 is 1.79 bits per heavy atom. The van der Waals surface area contributed by atoms with E-state index in [-0.39, 0.29) is 11.1 Å². The van der Waals surface area contributed by atoms with Crippen LogP contribution in [0.15, 0.2) is 46.2 Å². The smallest absolute Gasteiger partial charge is 0.256 e. The molecule has 0 saturated carbocycles. The van der Waals surface area contributed by atoms with Gasteiger partial charge in [0.05, 0.1) is 0 Å². The van der Waals surface area contributed by atoms with Gasteiger partial charge in [-0.05, 0) is 12.1 Å². The number of hydrogen-bond donors (Lipinski definition) is 0. The maximum absolute atomic E-state index is 11.4. The highest BCUT2D eigenvalue weighted by atomic mass is 16.1. The molecule has 3 aromatic rings. The normalized spacial score (nSPS) is 11.4. The summed E-state index contributed by atoms with van der Waals surface area (Å²) < 4.78 is 2.94. The standard InChI is InChI=1S/C10H6N2O2/c13-8-3-1-7-2-4-9(14)12-6-5-11(8)10(7)12/h1-6H. The number of rotatable bonds is 0. The highest BCUT2D eigenvalue weighted by molar-refractivity contribution is 5.75. The van der Waals surface area contributed by atoms with Crippen molar-refractivity contribution in [3.63, 3.8) is 0 Å². The van der Waals surface area contributed by atoms with Gasteiger partial charge in [-0.2, -0.15) is 0 Å². The van der Waals surface area contributed by atoms with Gasteiger partial charge in [0, 0.05) is 29.9 Å². The van der Waals surface area contributed by atoms with Crippen LogP contribution in [0.25, 0.3) is 11.0 Å². The van der Waals surface area contributed by atoms with Gasteiger partial charge in [0.1, 0.15) is 5.65 Å². The van der Waals surface area contributed by atoms with Crippen LogP contribution < -0.4 is 11.1 Å². The number of nitrogens with zero attached hydrogens (tertiary/aromatic N) is 2. The van der Waals surface area contributed by atoms with Crippen LogP contribution in [0.2, 0.25) is 0 Å². The Bertz CT molecular complexity index is 665. The predicted molar refractivity (Wildman–Crippen MR) is 52.1 cm³/mol. The van der Waals surface area contributed by atoms with Gasteiger partial charge in [-0.1, -0.05) is 0 Å². The fraction of sp³-hybridized carbons (Fsp3) is 0. The van der Waals surface area contributed by atoms with Crippen molar-refractivity contribution in [1.82, 2.24) is 8.80 Å². The third kappa shape index (κ3) is 0.724. The average molecular weight is 186 g/mol. The summed E-state index contributed by atoms with van der Waals surface area (Å²) >= 11 is 0. The van der Waals surface area contributed by atoms with Gasteiger partial charge in [0.15, 0.2) is 0 Å². The van der Waals surface area contributed by atoms with Crippen molar-refractivity contribution in [1.29, 1.82) is 0 Å². The largest absolute Gasteiger partial charge is 0.269 e. The fourth-order valence-electron chi connectivity index (χ4n) is 1.71. The van der Waals surface area contributed by atoms with Crippen LogP contribution >= 0.6 is 0 Å². The zero-order valence-electron chi connectivity index (χ0n) is 7.18. The molecule has 3 rings (SSSR count). The van der Waals surface area contributed by atoms with Gasteiger partial charge in [0.25, 0.3) is 11.1 Å². The topological polar surface area (TPSA) is 43.0 Å². The van der Waals surface area contributed by atoms with Crippen LogP contribution in [-0.4, -0.2) is 8.80 Å². The molecule has 4 heteroatoms. The molecule has 0 atom stereocenters. The van der Waals surface area contributed by atoms with E-state index in [1.807, 2.05) is 0 Å². The van der Waals surface area contributed by atoms with Crippen molar-refractivity contribution in [2.24, 2.45) is 0 Å². The second-order valence-electron chi connectivity index (χ2n) is 3.16. The molecule has 0 aliphatic carbocycles. The first-order chi connectivity index (χ1) is 6.77. The van der Waals surface area contributed by atoms with E-state index in [9.17, 15) is 9.59 Å². The predicted octanol–water partition coefficient (Wildman–Crippen LogP) is 0.350. The van der Waals surface area contributed by atoms with E-state index < -0.39 is 0 Å². The van der Waals surface area contributed by atoms with E-state index in [0.717, 1.165) is 5.39 Å². The van der Waals surface area contributed by atoms with Gasteiger partial charge < -0.3 is 0 Å². The highest BCUT2D eigenvalue weighted by Crippen LogP contribution is 2.08. The molecule has 0 spiro atoms. The van der Waals surface area contributed by atoms with Gasteiger partial charge in [-0.25, -0.2) is 0 Å². The molecule has 0 unspecified atom stereocenters. The van der Waals surface area contributed by atoms with E-state index in [1.165, 1.54) is 20.9 Å². The summed E-state index contributed by atoms with van der Waals surface area (Å²) in [7, 11) is 0. The molecule has 0 aliphatic rings. The van der Waals surface area contributed by atoms with Gasteiger partial charge in [0.2, 0.25) is 0 Å². The Kier molecular flexibility index (Phi) is 1.16. The quantitative estimate of drug-likeness (QED) is 0.508. The Balaban J connectivity index is 2.85. The first-order valence-electron chi connectivity index (χ1n) is 4.22. The molecule has 0 aliphatic heterocycles. The number of imidazole rings is 1. The summed E-state index contributed by atoms with van der Waals surface area (Å²) in [5.74, 6) is 0. The van der Waals surface area contributed by atoms with Crippen LogP contribution in [0.4, 0.5) is 0 Å². The monoisotopic (exact) mass is 186 g/mol. The lowest BCUT2D eigenvalue weighted by Gasteiger charge is -1.98. The Morgan fingerprint density at radius 1 is 0.786 bits per heavy atom. The highest BCUT2D eigenvalue weighted by Gasteiger charge is 2.05. The summed E-state index contributed by atoms with van der Waals surface area (Å²) in [6.45, 7) is 0. The van der Waals surface area contributed by atoms with E-state index in [2.05, 4.69) is 0 Å². The minimum Gasteiger partial charge on any atom is -0.269 e. The number of aromatic nitrogens is 2. The summed E-state index contributed by atoms with van der Waals surface area (Å²) in [5, 5.41) is 0.884. The number of hydrogen-bond acceptors (Lipinski definition) is 2. The average Bonchev–Trinajstić information content (AvgIpc) is 2.62.